The Kier molecular flexibility index (Phi) is 6.53. The third-order valence-corrected chi connectivity index (χ3v) is 5.89. The number of nitrogens with zero attached hydrogens (tertiary/aromatic N) is 4. The number of fused-ring (bicyclic) bond motifs is 1. The molecule has 0 unspecified atom stereocenters. The van der Waals surface area contributed by atoms with Crippen LogP contribution in [0.3, 0.4) is 0 Å². The molecule has 0 bridgehead atoms. The van der Waals surface area contributed by atoms with E-state index in [1.165, 1.54) is 12.4 Å². The maximum Gasteiger partial charge on any atom is 0.247 e. The molecule has 0 aliphatic carbocycles. The van der Waals surface area contributed by atoms with E-state index in [0.29, 0.717) is 37.6 Å². The summed E-state index contributed by atoms with van der Waals surface area (Å²) in [7, 11) is 0. The predicted molar refractivity (Wildman–Crippen MR) is 130 cm³/mol. The Morgan fingerprint density at radius 1 is 1.12 bits per heavy atom. The Morgan fingerprint density at radius 2 is 1.91 bits per heavy atom. The Hall–Kier alpha value is -3.94. The maximum atomic E-state index is 13.3. The van der Waals surface area contributed by atoms with Gasteiger partial charge in [0.15, 0.2) is 0 Å². The molecule has 2 amide bonds. The van der Waals surface area contributed by atoms with E-state index in [1.54, 1.807) is 23.1 Å². The van der Waals surface area contributed by atoms with Crippen molar-refractivity contribution < 1.29 is 9.59 Å². The fourth-order valence-electron chi connectivity index (χ4n) is 4.12. The highest BCUT2D eigenvalue weighted by atomic mass is 16.2. The smallest absolute Gasteiger partial charge is 0.247 e. The minimum Gasteiger partial charge on any atom is -0.399 e. The molecule has 2 aromatic carbocycles. The van der Waals surface area contributed by atoms with Gasteiger partial charge in [0.25, 0.3) is 0 Å². The number of benzene rings is 2. The molecule has 8 heteroatoms. The molecule has 8 nitrogen and oxygen atoms in total. The number of nitrogens with two attached hydrogens (primary N) is 2. The second-order valence-corrected chi connectivity index (χ2v) is 8.21. The van der Waals surface area contributed by atoms with Crippen molar-refractivity contribution >= 4 is 40.3 Å². The minimum absolute atomic E-state index is 0.0281. The zero-order valence-corrected chi connectivity index (χ0v) is 18.6. The fourth-order valence-corrected chi connectivity index (χ4v) is 4.12. The number of hydrogen-bond donors (Lipinski definition) is 2. The molecule has 1 fully saturated rings. The lowest BCUT2D eigenvalue weighted by molar-refractivity contribution is -0.150. The number of anilines is 2. The van der Waals surface area contributed by atoms with Gasteiger partial charge < -0.3 is 21.3 Å². The monoisotopic (exact) mass is 444 g/mol. The van der Waals surface area contributed by atoms with E-state index in [2.05, 4.69) is 9.97 Å². The largest absolute Gasteiger partial charge is 0.399 e. The number of carbonyl (C=O) groups excluding carboxylic acids is 2. The summed E-state index contributed by atoms with van der Waals surface area (Å²) in [5.41, 5.74) is 14.9. The number of nitrogen functional groups attached to an aromatic ring is 2. The van der Waals surface area contributed by atoms with Gasteiger partial charge in [0.2, 0.25) is 11.8 Å². The number of carbonyl (C=O) groups is 2. The summed E-state index contributed by atoms with van der Waals surface area (Å²) in [6, 6.07) is 12.6. The average molecular weight is 445 g/mol. The molecule has 4 rings (SSSR count). The van der Waals surface area contributed by atoms with Crippen LogP contribution in [0.1, 0.15) is 30.9 Å². The Labute approximate surface area is 192 Å². The topological polar surface area (TPSA) is 118 Å². The molecule has 170 valence electrons. The van der Waals surface area contributed by atoms with Crippen LogP contribution in [-0.2, 0) is 16.1 Å². The zero-order valence-electron chi connectivity index (χ0n) is 18.6. The summed E-state index contributed by atoms with van der Waals surface area (Å²) in [5, 5.41) is 0.791. The van der Waals surface area contributed by atoms with Crippen LogP contribution in [0.5, 0.6) is 0 Å². The summed E-state index contributed by atoms with van der Waals surface area (Å²) in [4.78, 5) is 38.0. The number of piperazine rings is 1. The molecule has 0 radical (unpaired) electrons. The molecule has 0 spiro atoms. The van der Waals surface area contributed by atoms with Crippen LogP contribution >= 0.6 is 0 Å². The minimum atomic E-state index is -0.467. The lowest BCUT2D eigenvalue weighted by Crippen LogP contribution is -2.58. The van der Waals surface area contributed by atoms with Crippen LogP contribution in [0.25, 0.3) is 17.0 Å². The lowest BCUT2D eigenvalue weighted by Gasteiger charge is -2.40. The first-order chi connectivity index (χ1) is 16.0. The highest BCUT2D eigenvalue weighted by Crippen LogP contribution is 2.22. The molecular weight excluding hydrogens is 416 g/mol. The van der Waals surface area contributed by atoms with Gasteiger partial charge in [0.1, 0.15) is 18.2 Å². The summed E-state index contributed by atoms with van der Waals surface area (Å²) < 4.78 is 0. The third kappa shape index (κ3) is 4.95. The van der Waals surface area contributed by atoms with Crippen LogP contribution in [0.2, 0.25) is 0 Å². The summed E-state index contributed by atoms with van der Waals surface area (Å²) >= 11 is 0. The second-order valence-electron chi connectivity index (χ2n) is 8.21. The number of rotatable bonds is 6. The van der Waals surface area contributed by atoms with E-state index in [0.717, 1.165) is 28.5 Å². The zero-order chi connectivity index (χ0) is 23.4. The van der Waals surface area contributed by atoms with Crippen molar-refractivity contribution in [1.82, 2.24) is 19.8 Å². The standard InChI is InChI=1S/C25H28N6O2/c1-2-3-22-25(33)30(15-18-6-10-20-21(14-18)28-16-29-24(20)27)12-13-31(22)23(32)11-7-17-4-8-19(26)9-5-17/h4-11,14,16,22H,2-3,12-13,15,26H2,1H3,(H2,27,28,29)/t22-/m0/s1. The van der Waals surface area contributed by atoms with Gasteiger partial charge in [-0.2, -0.15) is 0 Å². The molecule has 1 atom stereocenters. The molecule has 1 aliphatic rings. The van der Waals surface area contributed by atoms with E-state index >= 15 is 0 Å². The van der Waals surface area contributed by atoms with Crippen molar-refractivity contribution in [2.24, 2.45) is 0 Å². The van der Waals surface area contributed by atoms with Crippen molar-refractivity contribution in [1.29, 1.82) is 0 Å². The number of hydrogen-bond acceptors (Lipinski definition) is 6. The first kappa shape index (κ1) is 22.3. The van der Waals surface area contributed by atoms with Gasteiger partial charge >= 0.3 is 0 Å². The van der Waals surface area contributed by atoms with Crippen molar-refractivity contribution in [2.75, 3.05) is 24.6 Å². The van der Waals surface area contributed by atoms with Crippen molar-refractivity contribution in [3.63, 3.8) is 0 Å². The molecule has 1 saturated heterocycles. The van der Waals surface area contributed by atoms with Crippen molar-refractivity contribution in [3.8, 4) is 0 Å². The van der Waals surface area contributed by atoms with Crippen molar-refractivity contribution in [2.45, 2.75) is 32.4 Å². The SMILES string of the molecule is CCC[C@H]1C(=O)N(Cc2ccc3c(N)ncnc3c2)CCN1C(=O)C=Cc1ccc(N)cc1. The molecule has 33 heavy (non-hydrogen) atoms. The first-order valence-electron chi connectivity index (χ1n) is 11.1. The Morgan fingerprint density at radius 3 is 2.67 bits per heavy atom. The van der Waals surface area contributed by atoms with Gasteiger partial charge in [0, 0.05) is 36.8 Å². The fraction of sp³-hybridized carbons (Fsp3) is 0.280. The summed E-state index contributed by atoms with van der Waals surface area (Å²) in [6.07, 6.45) is 6.15. The molecule has 3 aromatic rings. The van der Waals surface area contributed by atoms with Gasteiger partial charge in [0.05, 0.1) is 5.52 Å². The molecule has 0 saturated carbocycles. The predicted octanol–water partition coefficient (Wildman–Crippen LogP) is 2.85. The Balaban J connectivity index is 1.48. The number of amides is 2. The molecular formula is C25H28N6O2. The highest BCUT2D eigenvalue weighted by molar-refractivity contribution is 5.96. The number of aromatic nitrogens is 2. The van der Waals surface area contributed by atoms with Gasteiger partial charge in [-0.25, -0.2) is 9.97 Å². The van der Waals surface area contributed by atoms with E-state index in [9.17, 15) is 9.59 Å². The van der Waals surface area contributed by atoms with E-state index in [4.69, 9.17) is 11.5 Å². The molecule has 4 N–H and O–H groups in total. The van der Waals surface area contributed by atoms with E-state index in [1.807, 2.05) is 42.2 Å². The summed E-state index contributed by atoms with van der Waals surface area (Å²) in [5.74, 6) is 0.251. The van der Waals surface area contributed by atoms with Crippen LogP contribution in [0, 0.1) is 0 Å². The van der Waals surface area contributed by atoms with Gasteiger partial charge in [-0.3, -0.25) is 9.59 Å². The van der Waals surface area contributed by atoms with E-state index in [-0.39, 0.29) is 11.8 Å². The maximum absolute atomic E-state index is 13.3. The normalized spacial score (nSPS) is 16.6. The third-order valence-electron chi connectivity index (χ3n) is 5.89. The highest BCUT2D eigenvalue weighted by Gasteiger charge is 2.35. The van der Waals surface area contributed by atoms with Crippen LogP contribution in [0.15, 0.2) is 54.9 Å². The van der Waals surface area contributed by atoms with Gasteiger partial charge in [-0.05, 0) is 47.9 Å². The summed E-state index contributed by atoms with van der Waals surface area (Å²) in [6.45, 7) is 3.45. The van der Waals surface area contributed by atoms with Crippen LogP contribution in [0.4, 0.5) is 11.5 Å². The second kappa shape index (κ2) is 9.68. The molecule has 1 aromatic heterocycles. The molecule has 2 heterocycles. The van der Waals surface area contributed by atoms with Crippen LogP contribution in [-0.4, -0.2) is 50.7 Å². The first-order valence-corrected chi connectivity index (χ1v) is 11.1. The lowest BCUT2D eigenvalue weighted by atomic mass is 10.0. The Bertz CT molecular complexity index is 1190. The van der Waals surface area contributed by atoms with Crippen LogP contribution < -0.4 is 11.5 Å². The van der Waals surface area contributed by atoms with E-state index < -0.39 is 6.04 Å². The molecule has 1 aliphatic heterocycles. The quantitative estimate of drug-likeness (QED) is 0.446. The average Bonchev–Trinajstić information content (AvgIpc) is 2.81. The van der Waals surface area contributed by atoms with Gasteiger partial charge in [-0.1, -0.05) is 31.5 Å². The van der Waals surface area contributed by atoms with Crippen molar-refractivity contribution in [3.05, 3.63) is 66.0 Å². The van der Waals surface area contributed by atoms with Gasteiger partial charge in [-0.15, -0.1) is 0 Å².